The fourth-order valence-electron chi connectivity index (χ4n) is 9.74. The van der Waals surface area contributed by atoms with Crippen molar-refractivity contribution in [2.75, 3.05) is 28.4 Å². The summed E-state index contributed by atoms with van der Waals surface area (Å²) in [5, 5.41) is 55.1. The van der Waals surface area contributed by atoms with Gasteiger partial charge in [-0.2, -0.15) is 0 Å². The minimum absolute atomic E-state index is 0.0540. The Morgan fingerprint density at radius 2 is 0.773 bits per heavy atom. The molecule has 0 spiro atoms. The molecule has 8 N–H and O–H groups in total. The zero-order chi connectivity index (χ0) is 65.0. The van der Waals surface area contributed by atoms with E-state index >= 15 is 0 Å². The van der Waals surface area contributed by atoms with Crippen LogP contribution >= 0.6 is 0 Å². The molecule has 0 saturated heterocycles. The highest BCUT2D eigenvalue weighted by Gasteiger charge is 2.26. The van der Waals surface area contributed by atoms with E-state index in [0.29, 0.717) is 87.9 Å². The van der Waals surface area contributed by atoms with Crippen molar-refractivity contribution < 1.29 is 58.6 Å². The first kappa shape index (κ1) is 74.4. The number of phenolic OH excluding ortho intramolecular Hbond substituents is 4. The number of rotatable bonds is 38. The molecule has 4 aromatic rings. The molecule has 16 nitrogen and oxygen atoms in total. The molecule has 0 fully saturated rings. The number of nitrogens with one attached hydrogen (secondary N) is 4. The second-order valence-corrected chi connectivity index (χ2v) is 23.4. The summed E-state index contributed by atoms with van der Waals surface area (Å²) in [7, 11) is 5.78. The van der Waals surface area contributed by atoms with Crippen LogP contribution in [-0.2, 0) is 45.4 Å². The van der Waals surface area contributed by atoms with Crippen LogP contribution in [0.25, 0.3) is 22.3 Å². The molecule has 484 valence electrons. The maximum absolute atomic E-state index is 12.7. The van der Waals surface area contributed by atoms with Crippen LogP contribution in [0.1, 0.15) is 187 Å². The van der Waals surface area contributed by atoms with Gasteiger partial charge in [-0.3, -0.25) is 19.2 Å². The summed E-state index contributed by atoms with van der Waals surface area (Å²) in [4.78, 5) is 50.6. The van der Waals surface area contributed by atoms with Gasteiger partial charge in [0.05, 0.1) is 28.4 Å². The first-order valence-corrected chi connectivity index (χ1v) is 31.4. The molecule has 0 aliphatic heterocycles. The van der Waals surface area contributed by atoms with Crippen molar-refractivity contribution in [2.24, 2.45) is 17.8 Å². The molecule has 0 heterocycles. The Labute approximate surface area is 525 Å². The van der Waals surface area contributed by atoms with Gasteiger partial charge in [-0.15, -0.1) is 0 Å². The standard InChI is InChI=1S/2C36H52N2O6/c1-25(2)15-11-7-9-13-17-31(41)37-23-27-19-21-29(39)35(43-5)33(27)34-28(20-22-30(40)36(34)44-6)24-38-32(42)18-14-10-8-12-16-26(3)4;1-25(2)15-11-7-9-13-17-32(40)37-23-27-21-29(35(42)31(22-27)43-5)34-28(19-20-30(39)36(34)44-6)24-38-33(41)18-14-10-8-12-16-26(3)4/h11-12,15-16,19-22,25-26,39-40H,7-10,13-14,17-18,23-24H2,1-6H3,(H,37,41)(H,38,42);11,15-16,19-22,25,39,42H,7-10,12-14,17-18,23-24H2,1-6H3,(H,37,40)(H,38,41)/b15-11+,16-12+;15-11+. The molecule has 0 saturated carbocycles. The topological polar surface area (TPSA) is 234 Å². The highest BCUT2D eigenvalue weighted by molar-refractivity contribution is 5.87. The van der Waals surface area contributed by atoms with Gasteiger partial charge in [0.15, 0.2) is 46.0 Å². The van der Waals surface area contributed by atoms with Gasteiger partial charge in [-0.25, -0.2) is 0 Å². The summed E-state index contributed by atoms with van der Waals surface area (Å²) in [6, 6.07) is 13.1. The largest absolute Gasteiger partial charge is 0.504 e. The van der Waals surface area contributed by atoms with E-state index in [1.165, 1.54) is 52.2 Å². The van der Waals surface area contributed by atoms with Crippen molar-refractivity contribution in [1.82, 2.24) is 21.3 Å². The smallest absolute Gasteiger partial charge is 0.220 e. The van der Waals surface area contributed by atoms with Crippen molar-refractivity contribution in [3.63, 3.8) is 0 Å². The molecule has 0 unspecified atom stereocenters. The molecular weight excluding hydrogens is 1110 g/mol. The number of hydrogen-bond donors (Lipinski definition) is 8. The van der Waals surface area contributed by atoms with Crippen molar-refractivity contribution in [1.29, 1.82) is 0 Å². The second-order valence-electron chi connectivity index (χ2n) is 23.4. The summed E-state index contributed by atoms with van der Waals surface area (Å²) in [5.74, 6) is 1.60. The Kier molecular flexibility index (Phi) is 34.9. The molecule has 0 atom stereocenters. The van der Waals surface area contributed by atoms with E-state index in [4.69, 9.17) is 18.9 Å². The van der Waals surface area contributed by atoms with Gasteiger partial charge in [0.25, 0.3) is 0 Å². The van der Waals surface area contributed by atoms with Crippen molar-refractivity contribution in [3.8, 4) is 68.2 Å². The maximum atomic E-state index is 12.7. The van der Waals surface area contributed by atoms with E-state index in [1.807, 2.05) is 0 Å². The second kappa shape index (κ2) is 41.3. The monoisotopic (exact) mass is 1220 g/mol. The number of amides is 4. The highest BCUT2D eigenvalue weighted by Crippen LogP contribution is 2.49. The Morgan fingerprint density at radius 1 is 0.432 bits per heavy atom. The fourth-order valence-corrected chi connectivity index (χ4v) is 9.74. The minimum atomic E-state index is -0.134. The average molecular weight is 1220 g/mol. The molecule has 4 aromatic carbocycles. The quantitative estimate of drug-likeness (QED) is 0.0155. The molecule has 0 aliphatic carbocycles. The van der Waals surface area contributed by atoms with Crippen LogP contribution in [0.5, 0.6) is 46.0 Å². The lowest BCUT2D eigenvalue weighted by Gasteiger charge is -2.21. The summed E-state index contributed by atoms with van der Waals surface area (Å²) >= 11 is 0. The Balaban J connectivity index is 0.000000460. The lowest BCUT2D eigenvalue weighted by molar-refractivity contribution is -0.122. The zero-order valence-corrected chi connectivity index (χ0v) is 54.8. The third-order valence-electron chi connectivity index (χ3n) is 14.4. The van der Waals surface area contributed by atoms with Crippen LogP contribution in [0.3, 0.4) is 0 Å². The molecule has 0 aliphatic rings. The van der Waals surface area contributed by atoms with Gasteiger partial charge in [0.2, 0.25) is 23.6 Å². The Bertz CT molecular complexity index is 2840. The van der Waals surface area contributed by atoms with Crippen LogP contribution in [0.15, 0.2) is 96.6 Å². The molecule has 0 bridgehead atoms. The summed E-state index contributed by atoms with van der Waals surface area (Å²) in [5.41, 5.74) is 5.74. The van der Waals surface area contributed by atoms with Gasteiger partial charge < -0.3 is 60.6 Å². The molecule has 16 heteroatoms. The number of hydrogen-bond acceptors (Lipinski definition) is 12. The van der Waals surface area contributed by atoms with E-state index in [1.54, 1.807) is 30.3 Å². The number of unbranched alkanes of at least 4 members (excludes halogenated alkanes) is 9. The number of carbonyl (C=O) groups is 4. The van der Waals surface area contributed by atoms with Crippen LogP contribution in [-0.4, -0.2) is 72.5 Å². The predicted molar refractivity (Wildman–Crippen MR) is 354 cm³/mol. The molecule has 4 amide bonds. The van der Waals surface area contributed by atoms with Gasteiger partial charge in [-0.05, 0) is 161 Å². The summed E-state index contributed by atoms with van der Waals surface area (Å²) in [6.45, 7) is 17.8. The lowest BCUT2D eigenvalue weighted by Crippen LogP contribution is -2.24. The molecule has 88 heavy (non-hydrogen) atoms. The van der Waals surface area contributed by atoms with E-state index in [0.717, 1.165) is 83.5 Å². The number of carbonyl (C=O) groups excluding carboxylic acids is 4. The van der Waals surface area contributed by atoms with Gasteiger partial charge in [0.1, 0.15) is 0 Å². The third kappa shape index (κ3) is 27.0. The zero-order valence-electron chi connectivity index (χ0n) is 54.8. The first-order chi connectivity index (χ1) is 42.1. The lowest BCUT2D eigenvalue weighted by atomic mass is 9.92. The number of phenols is 4. The van der Waals surface area contributed by atoms with Crippen LogP contribution < -0.4 is 40.2 Å². The van der Waals surface area contributed by atoms with Crippen molar-refractivity contribution in [2.45, 2.75) is 191 Å². The average Bonchev–Trinajstić information content (AvgIpc) is 0.841. The van der Waals surface area contributed by atoms with Gasteiger partial charge >= 0.3 is 0 Å². The first-order valence-electron chi connectivity index (χ1n) is 31.4. The van der Waals surface area contributed by atoms with Gasteiger partial charge in [-0.1, -0.05) is 114 Å². The number of methoxy groups -OCH3 is 4. The highest BCUT2D eigenvalue weighted by atomic mass is 16.5. The Morgan fingerprint density at radius 3 is 1.12 bits per heavy atom. The van der Waals surface area contributed by atoms with Crippen molar-refractivity contribution >= 4 is 23.6 Å². The predicted octanol–water partition coefficient (Wildman–Crippen LogP) is 15.3. The number of benzene rings is 4. The minimum Gasteiger partial charge on any atom is -0.504 e. The Hall–Kier alpha value is -7.88. The van der Waals surface area contributed by atoms with E-state index < -0.39 is 0 Å². The van der Waals surface area contributed by atoms with Crippen LogP contribution in [0.4, 0.5) is 0 Å². The van der Waals surface area contributed by atoms with Crippen molar-refractivity contribution in [3.05, 3.63) is 119 Å². The molecule has 4 rings (SSSR count). The number of ether oxygens (including phenoxy) is 4. The number of aromatic hydroxyl groups is 4. The van der Waals surface area contributed by atoms with E-state index in [2.05, 4.69) is 119 Å². The SMILES string of the molecule is COc1c(O)ccc(CNC(=O)CCCC/C=C/C(C)C)c1-c1c(CNC(=O)CCCC/C=C/C(C)C)ccc(O)c1OC.COc1cc(CNC(=O)CCCC/C=C/C(C)C)cc(-c2c(CNC(=O)CCCCCC=C(C)C)ccc(O)c2OC)c1O. The van der Waals surface area contributed by atoms with E-state index in [9.17, 15) is 39.6 Å². The molecular formula is C72H104N4O12. The van der Waals surface area contributed by atoms with Crippen LogP contribution in [0, 0.1) is 17.8 Å². The molecule has 0 radical (unpaired) electrons. The van der Waals surface area contributed by atoms with Gasteiger partial charge in [0, 0.05) is 74.1 Å². The normalized spacial score (nSPS) is 11.3. The summed E-state index contributed by atoms with van der Waals surface area (Å²) in [6.07, 6.45) is 28.7. The maximum Gasteiger partial charge on any atom is 0.220 e. The molecule has 0 aromatic heterocycles. The third-order valence-corrected chi connectivity index (χ3v) is 14.4. The van der Waals surface area contributed by atoms with E-state index in [-0.39, 0.29) is 95.8 Å². The fraction of sp³-hybridized carbons (Fsp3) is 0.500. The number of allylic oxidation sites excluding steroid dienone is 8. The van der Waals surface area contributed by atoms with Crippen LogP contribution in [0.2, 0.25) is 0 Å². The summed E-state index contributed by atoms with van der Waals surface area (Å²) < 4.78 is 22.2.